The summed E-state index contributed by atoms with van der Waals surface area (Å²) < 4.78 is 5.41. The maximum atomic E-state index is 8.78. The van der Waals surface area contributed by atoms with Crippen LogP contribution in [0.15, 0.2) is 40.8 Å². The third-order valence-corrected chi connectivity index (χ3v) is 3.68. The molecule has 0 amide bonds. The van der Waals surface area contributed by atoms with Crippen LogP contribution < -0.4 is 5.32 Å². The third-order valence-electron chi connectivity index (χ3n) is 3.68. The molecule has 0 saturated heterocycles. The molecule has 0 fully saturated rings. The van der Waals surface area contributed by atoms with E-state index < -0.39 is 0 Å². The summed E-state index contributed by atoms with van der Waals surface area (Å²) in [5.74, 6) is 1.63. The van der Waals surface area contributed by atoms with Gasteiger partial charge in [0.05, 0.1) is 6.54 Å². The molecule has 0 spiro atoms. The van der Waals surface area contributed by atoms with E-state index in [1.165, 1.54) is 11.1 Å². The fourth-order valence-corrected chi connectivity index (χ4v) is 2.44. The number of furan rings is 1. The summed E-state index contributed by atoms with van der Waals surface area (Å²) in [6.07, 6.45) is 1.06. The van der Waals surface area contributed by atoms with Crippen LogP contribution in [0.4, 0.5) is 0 Å². The number of nitrogens with one attached hydrogen (secondary N) is 1. The molecule has 2 aromatic rings. The van der Waals surface area contributed by atoms with E-state index in [0.717, 1.165) is 12.2 Å². The van der Waals surface area contributed by atoms with Crippen molar-refractivity contribution < 1.29 is 4.42 Å². The van der Waals surface area contributed by atoms with Crippen molar-refractivity contribution in [3.05, 3.63) is 59.0 Å². The second-order valence-electron chi connectivity index (χ2n) is 5.58. The second kappa shape index (κ2) is 7.10. The summed E-state index contributed by atoms with van der Waals surface area (Å²) in [7, 11) is 0. The molecule has 1 heterocycles. The number of hydrogen-bond donors (Lipinski definition) is 1. The first-order valence-electron chi connectivity index (χ1n) is 7.45. The van der Waals surface area contributed by atoms with Crippen molar-refractivity contribution in [1.29, 1.82) is 5.26 Å². The zero-order valence-electron chi connectivity index (χ0n) is 12.9. The molecule has 3 heteroatoms. The number of nitrogens with zero attached hydrogens (tertiary/aromatic N) is 1. The van der Waals surface area contributed by atoms with Gasteiger partial charge in [0.1, 0.15) is 11.8 Å². The molecule has 1 N–H and O–H groups in total. The molecule has 1 aromatic heterocycles. The maximum Gasteiger partial charge on any atom is 0.203 e. The molecule has 1 atom stereocenters. The van der Waals surface area contributed by atoms with Crippen molar-refractivity contribution >= 4 is 0 Å². The Morgan fingerprint density at radius 2 is 1.86 bits per heavy atom. The topological polar surface area (TPSA) is 49.0 Å². The Kier molecular flexibility index (Phi) is 5.19. The van der Waals surface area contributed by atoms with Gasteiger partial charge in [0.15, 0.2) is 0 Å². The van der Waals surface area contributed by atoms with Crippen LogP contribution in [0.5, 0.6) is 0 Å². The van der Waals surface area contributed by atoms with Crippen molar-refractivity contribution in [1.82, 2.24) is 5.32 Å². The first-order valence-corrected chi connectivity index (χ1v) is 7.45. The largest absolute Gasteiger partial charge is 0.449 e. The number of benzene rings is 1. The molecular formula is C18H22N2O. The lowest BCUT2D eigenvalue weighted by Crippen LogP contribution is -2.25. The average Bonchev–Trinajstić information content (AvgIpc) is 2.96. The van der Waals surface area contributed by atoms with E-state index in [4.69, 9.17) is 9.68 Å². The van der Waals surface area contributed by atoms with Gasteiger partial charge in [0, 0.05) is 6.04 Å². The highest BCUT2D eigenvalue weighted by Gasteiger charge is 2.15. The van der Waals surface area contributed by atoms with E-state index in [2.05, 4.69) is 50.4 Å². The average molecular weight is 282 g/mol. The molecule has 0 aliphatic rings. The Hall–Kier alpha value is -2.05. The zero-order valence-corrected chi connectivity index (χ0v) is 12.9. The van der Waals surface area contributed by atoms with E-state index >= 15 is 0 Å². The predicted molar refractivity (Wildman–Crippen MR) is 83.7 cm³/mol. The van der Waals surface area contributed by atoms with Crippen LogP contribution in [-0.4, -0.2) is 0 Å². The molecule has 1 unspecified atom stereocenters. The SMILES string of the molecule is CCc1ccc(C(NCc2ccc(C#N)o2)C(C)C)cc1. The summed E-state index contributed by atoms with van der Waals surface area (Å²) in [6.45, 7) is 7.19. The second-order valence-corrected chi connectivity index (χ2v) is 5.58. The Morgan fingerprint density at radius 3 is 2.38 bits per heavy atom. The fraction of sp³-hybridized carbons (Fsp3) is 0.389. The Morgan fingerprint density at radius 1 is 1.14 bits per heavy atom. The maximum absolute atomic E-state index is 8.78. The highest BCUT2D eigenvalue weighted by Crippen LogP contribution is 2.23. The van der Waals surface area contributed by atoms with Crippen molar-refractivity contribution in [2.75, 3.05) is 0 Å². The molecule has 0 bridgehead atoms. The number of hydrogen-bond acceptors (Lipinski definition) is 3. The summed E-state index contributed by atoms with van der Waals surface area (Å²) in [6, 6.07) is 14.6. The van der Waals surface area contributed by atoms with Crippen molar-refractivity contribution in [3.63, 3.8) is 0 Å². The van der Waals surface area contributed by atoms with Gasteiger partial charge in [0.25, 0.3) is 0 Å². The first kappa shape index (κ1) is 15.3. The normalized spacial score (nSPS) is 12.3. The van der Waals surface area contributed by atoms with Gasteiger partial charge in [-0.1, -0.05) is 45.0 Å². The number of aryl methyl sites for hydroxylation is 1. The minimum Gasteiger partial charge on any atom is -0.449 e. The minimum atomic E-state index is 0.270. The van der Waals surface area contributed by atoms with Gasteiger partial charge in [-0.3, -0.25) is 0 Å². The van der Waals surface area contributed by atoms with Crippen LogP contribution in [-0.2, 0) is 13.0 Å². The molecule has 0 saturated carbocycles. The molecule has 21 heavy (non-hydrogen) atoms. The molecule has 0 aliphatic carbocycles. The standard InChI is InChI=1S/C18H22N2O/c1-4-14-5-7-15(8-6-14)18(13(2)3)20-12-17-10-9-16(11-19)21-17/h5-10,13,18,20H,4,12H2,1-3H3. The van der Waals surface area contributed by atoms with Crippen molar-refractivity contribution in [3.8, 4) is 6.07 Å². The Balaban J connectivity index is 2.06. The Labute approximate surface area is 126 Å². The zero-order chi connectivity index (χ0) is 15.2. The highest BCUT2D eigenvalue weighted by atomic mass is 16.3. The summed E-state index contributed by atoms with van der Waals surface area (Å²) >= 11 is 0. The van der Waals surface area contributed by atoms with E-state index in [1.54, 1.807) is 6.07 Å². The van der Waals surface area contributed by atoms with Gasteiger partial charge in [-0.25, -0.2) is 0 Å². The molecule has 3 nitrogen and oxygen atoms in total. The van der Waals surface area contributed by atoms with Crippen LogP contribution >= 0.6 is 0 Å². The predicted octanol–water partition coefficient (Wildman–Crippen LogP) is 4.20. The van der Waals surface area contributed by atoms with E-state index in [0.29, 0.717) is 18.2 Å². The summed E-state index contributed by atoms with van der Waals surface area (Å²) in [5.41, 5.74) is 2.64. The summed E-state index contributed by atoms with van der Waals surface area (Å²) in [5, 5.41) is 12.3. The first-order chi connectivity index (χ1) is 10.1. The lowest BCUT2D eigenvalue weighted by molar-refractivity contribution is 0.382. The van der Waals surface area contributed by atoms with E-state index in [1.807, 2.05) is 12.1 Å². The highest BCUT2D eigenvalue weighted by molar-refractivity contribution is 5.25. The Bertz CT molecular complexity index is 605. The molecule has 0 radical (unpaired) electrons. The fourth-order valence-electron chi connectivity index (χ4n) is 2.44. The quantitative estimate of drug-likeness (QED) is 0.863. The molecule has 2 rings (SSSR count). The lowest BCUT2D eigenvalue weighted by Gasteiger charge is -2.22. The lowest BCUT2D eigenvalue weighted by atomic mass is 9.95. The van der Waals surface area contributed by atoms with E-state index in [-0.39, 0.29) is 6.04 Å². The van der Waals surface area contributed by atoms with Gasteiger partial charge in [-0.05, 0) is 35.6 Å². The van der Waals surface area contributed by atoms with Crippen LogP contribution in [0.25, 0.3) is 0 Å². The third kappa shape index (κ3) is 3.96. The molecule has 1 aromatic carbocycles. The molecule has 110 valence electrons. The molecule has 0 aliphatic heterocycles. The van der Waals surface area contributed by atoms with Gasteiger partial charge in [-0.15, -0.1) is 0 Å². The minimum absolute atomic E-state index is 0.270. The number of nitriles is 1. The van der Waals surface area contributed by atoms with Crippen molar-refractivity contribution in [2.24, 2.45) is 5.92 Å². The van der Waals surface area contributed by atoms with Crippen molar-refractivity contribution in [2.45, 2.75) is 39.8 Å². The summed E-state index contributed by atoms with van der Waals surface area (Å²) in [4.78, 5) is 0. The van der Waals surface area contributed by atoms with E-state index in [9.17, 15) is 0 Å². The molecular weight excluding hydrogens is 260 g/mol. The monoisotopic (exact) mass is 282 g/mol. The van der Waals surface area contributed by atoms with Gasteiger partial charge < -0.3 is 9.73 Å². The van der Waals surface area contributed by atoms with Crippen LogP contribution in [0.3, 0.4) is 0 Å². The smallest absolute Gasteiger partial charge is 0.203 e. The van der Waals surface area contributed by atoms with Gasteiger partial charge >= 0.3 is 0 Å². The van der Waals surface area contributed by atoms with Gasteiger partial charge in [0.2, 0.25) is 5.76 Å². The van der Waals surface area contributed by atoms with Crippen LogP contribution in [0, 0.1) is 17.2 Å². The van der Waals surface area contributed by atoms with Gasteiger partial charge in [-0.2, -0.15) is 5.26 Å². The van der Waals surface area contributed by atoms with Crippen LogP contribution in [0.1, 0.15) is 49.5 Å². The number of rotatable bonds is 6. The van der Waals surface area contributed by atoms with Crippen LogP contribution in [0.2, 0.25) is 0 Å².